The molecule has 142 valence electrons. The normalized spacial score (nSPS) is 10.0. The largest absolute Gasteiger partial charge is 0.495 e. The lowest BCUT2D eigenvalue weighted by Crippen LogP contribution is -2.24. The van der Waals surface area contributed by atoms with Crippen LogP contribution in [0.1, 0.15) is 15.9 Å². The van der Waals surface area contributed by atoms with Crippen LogP contribution in [0, 0.1) is 0 Å². The predicted molar refractivity (Wildman–Crippen MR) is 105 cm³/mol. The number of nitrogens with zero attached hydrogens (tertiary/aromatic N) is 2. The summed E-state index contributed by atoms with van der Waals surface area (Å²) in [6.45, 7) is 0.404. The van der Waals surface area contributed by atoms with Crippen LogP contribution in [0.5, 0.6) is 5.75 Å². The highest BCUT2D eigenvalue weighted by Crippen LogP contribution is 2.25. The Morgan fingerprint density at radius 3 is 2.57 bits per heavy atom. The van der Waals surface area contributed by atoms with Gasteiger partial charge < -0.3 is 15.4 Å². The van der Waals surface area contributed by atoms with Crippen LogP contribution in [0.25, 0.3) is 0 Å². The van der Waals surface area contributed by atoms with Crippen LogP contribution >= 0.6 is 0 Å². The lowest BCUT2D eigenvalue weighted by Gasteiger charge is -2.13. The van der Waals surface area contributed by atoms with Crippen LogP contribution in [-0.4, -0.2) is 29.0 Å². The molecule has 2 aromatic carbocycles. The van der Waals surface area contributed by atoms with Crippen molar-refractivity contribution in [3.8, 4) is 5.75 Å². The van der Waals surface area contributed by atoms with E-state index < -0.39 is 6.03 Å². The average molecular weight is 377 g/mol. The van der Waals surface area contributed by atoms with Gasteiger partial charge in [-0.1, -0.05) is 30.3 Å². The fourth-order valence-corrected chi connectivity index (χ4v) is 2.46. The van der Waals surface area contributed by atoms with Crippen LogP contribution in [0.2, 0.25) is 0 Å². The lowest BCUT2D eigenvalue weighted by molar-refractivity contribution is 0.0951. The first kappa shape index (κ1) is 18.8. The van der Waals surface area contributed by atoms with Crippen LogP contribution < -0.4 is 20.7 Å². The smallest absolute Gasteiger partial charge is 0.324 e. The Balaban J connectivity index is 1.68. The van der Waals surface area contributed by atoms with Gasteiger partial charge in [-0.15, -0.1) is 0 Å². The van der Waals surface area contributed by atoms with E-state index in [0.717, 1.165) is 5.56 Å². The summed E-state index contributed by atoms with van der Waals surface area (Å²) in [6, 6.07) is 13.9. The van der Waals surface area contributed by atoms with Crippen molar-refractivity contribution in [3.05, 3.63) is 78.2 Å². The zero-order chi connectivity index (χ0) is 19.8. The fraction of sp³-hybridized carbons (Fsp3) is 0.100. The van der Waals surface area contributed by atoms with Gasteiger partial charge >= 0.3 is 6.03 Å². The van der Waals surface area contributed by atoms with E-state index in [-0.39, 0.29) is 5.91 Å². The second-order valence-electron chi connectivity index (χ2n) is 5.75. The maximum atomic E-state index is 12.4. The first-order chi connectivity index (χ1) is 13.7. The summed E-state index contributed by atoms with van der Waals surface area (Å²) in [5, 5.41) is 8.06. The Bertz CT molecular complexity index is 949. The minimum Gasteiger partial charge on any atom is -0.495 e. The molecule has 0 aliphatic rings. The van der Waals surface area contributed by atoms with Crippen molar-refractivity contribution in [1.82, 2.24) is 15.3 Å². The second-order valence-corrected chi connectivity index (χ2v) is 5.75. The monoisotopic (exact) mass is 377 g/mol. The van der Waals surface area contributed by atoms with Gasteiger partial charge in [0.15, 0.2) is 5.82 Å². The van der Waals surface area contributed by atoms with Gasteiger partial charge in [-0.25, -0.2) is 9.78 Å². The molecule has 1 aromatic heterocycles. The first-order valence-electron chi connectivity index (χ1n) is 8.50. The van der Waals surface area contributed by atoms with E-state index in [2.05, 4.69) is 25.9 Å². The van der Waals surface area contributed by atoms with E-state index in [1.807, 2.05) is 30.3 Å². The minimum atomic E-state index is -0.527. The van der Waals surface area contributed by atoms with Crippen LogP contribution in [0.4, 0.5) is 16.3 Å². The molecule has 0 unspecified atom stereocenters. The third-order valence-corrected chi connectivity index (χ3v) is 3.81. The highest BCUT2D eigenvalue weighted by Gasteiger charge is 2.13. The zero-order valence-corrected chi connectivity index (χ0v) is 15.2. The van der Waals surface area contributed by atoms with Gasteiger partial charge in [0.2, 0.25) is 0 Å². The van der Waals surface area contributed by atoms with Gasteiger partial charge in [0, 0.05) is 24.5 Å². The van der Waals surface area contributed by atoms with Crippen molar-refractivity contribution in [2.45, 2.75) is 6.54 Å². The number of hydrogen-bond acceptors (Lipinski definition) is 5. The highest BCUT2D eigenvalue weighted by atomic mass is 16.5. The van der Waals surface area contributed by atoms with Crippen molar-refractivity contribution >= 4 is 23.4 Å². The molecule has 3 aromatic rings. The number of carbonyl (C=O) groups excluding carboxylic acids is 2. The summed E-state index contributed by atoms with van der Waals surface area (Å²) in [7, 11) is 1.48. The predicted octanol–water partition coefficient (Wildman–Crippen LogP) is 3.06. The molecule has 8 heteroatoms. The van der Waals surface area contributed by atoms with Crippen molar-refractivity contribution in [2.75, 3.05) is 17.7 Å². The third kappa shape index (κ3) is 5.04. The SMILES string of the molecule is COc1ccc(C(=O)NCc2ccccc2)cc1NC(=O)Nc1cnccn1. The number of anilines is 2. The maximum Gasteiger partial charge on any atom is 0.324 e. The first-order valence-corrected chi connectivity index (χ1v) is 8.50. The number of urea groups is 1. The molecule has 3 amide bonds. The molecule has 0 spiro atoms. The fourth-order valence-electron chi connectivity index (χ4n) is 2.46. The topological polar surface area (TPSA) is 105 Å². The number of amides is 3. The summed E-state index contributed by atoms with van der Waals surface area (Å²) < 4.78 is 5.26. The van der Waals surface area contributed by atoms with Crippen molar-refractivity contribution in [1.29, 1.82) is 0 Å². The van der Waals surface area contributed by atoms with E-state index in [1.165, 1.54) is 25.7 Å². The molecule has 0 fully saturated rings. The van der Waals surface area contributed by atoms with Gasteiger partial charge in [0.25, 0.3) is 5.91 Å². The highest BCUT2D eigenvalue weighted by molar-refractivity contribution is 6.02. The minimum absolute atomic E-state index is 0.260. The zero-order valence-electron chi connectivity index (χ0n) is 15.2. The standard InChI is InChI=1S/C20H19N5O3/c1-28-17-8-7-15(19(26)23-12-14-5-3-2-4-6-14)11-16(17)24-20(27)25-18-13-21-9-10-22-18/h2-11,13H,12H2,1H3,(H,23,26)(H2,22,24,25,27). The summed E-state index contributed by atoms with van der Waals surface area (Å²) >= 11 is 0. The molecule has 0 aliphatic heterocycles. The van der Waals surface area contributed by atoms with Crippen molar-refractivity contribution in [3.63, 3.8) is 0 Å². The van der Waals surface area contributed by atoms with Gasteiger partial charge in [0.05, 0.1) is 19.0 Å². The Kier molecular flexibility index (Phi) is 6.14. The average Bonchev–Trinajstić information content (AvgIpc) is 2.73. The number of nitrogens with one attached hydrogen (secondary N) is 3. The number of ether oxygens (including phenoxy) is 1. The summed E-state index contributed by atoms with van der Waals surface area (Å²) in [5.74, 6) is 0.466. The van der Waals surface area contributed by atoms with Crippen molar-refractivity contribution in [2.24, 2.45) is 0 Å². The van der Waals surface area contributed by atoms with E-state index in [1.54, 1.807) is 18.2 Å². The van der Waals surface area contributed by atoms with E-state index >= 15 is 0 Å². The second kappa shape index (κ2) is 9.13. The molecular formula is C20H19N5O3. The maximum absolute atomic E-state index is 12.4. The number of carbonyl (C=O) groups is 2. The van der Waals surface area contributed by atoms with E-state index in [0.29, 0.717) is 29.4 Å². The van der Waals surface area contributed by atoms with Crippen LogP contribution in [-0.2, 0) is 6.54 Å². The summed E-state index contributed by atoms with van der Waals surface area (Å²) in [5.41, 5.74) is 1.74. The lowest BCUT2D eigenvalue weighted by atomic mass is 10.1. The summed E-state index contributed by atoms with van der Waals surface area (Å²) in [4.78, 5) is 32.5. The van der Waals surface area contributed by atoms with Gasteiger partial charge in [0.1, 0.15) is 5.75 Å². The number of aromatic nitrogens is 2. The Hall–Kier alpha value is -3.94. The van der Waals surface area contributed by atoms with Gasteiger partial charge in [-0.2, -0.15) is 0 Å². The quantitative estimate of drug-likeness (QED) is 0.612. The van der Waals surface area contributed by atoms with Crippen LogP contribution in [0.15, 0.2) is 67.1 Å². The van der Waals surface area contributed by atoms with Crippen molar-refractivity contribution < 1.29 is 14.3 Å². The molecule has 0 aliphatic carbocycles. The molecule has 0 saturated carbocycles. The molecule has 3 N–H and O–H groups in total. The molecule has 1 heterocycles. The number of benzene rings is 2. The third-order valence-electron chi connectivity index (χ3n) is 3.81. The molecule has 0 radical (unpaired) electrons. The van der Waals surface area contributed by atoms with Gasteiger partial charge in [-0.05, 0) is 23.8 Å². The molecule has 0 atom stereocenters. The van der Waals surface area contributed by atoms with Gasteiger partial charge in [-0.3, -0.25) is 15.1 Å². The molecule has 28 heavy (non-hydrogen) atoms. The van der Waals surface area contributed by atoms with E-state index in [4.69, 9.17) is 4.74 Å². The molecule has 0 bridgehead atoms. The number of rotatable bonds is 6. The Morgan fingerprint density at radius 2 is 1.86 bits per heavy atom. The Morgan fingerprint density at radius 1 is 1.04 bits per heavy atom. The van der Waals surface area contributed by atoms with E-state index in [9.17, 15) is 9.59 Å². The molecule has 8 nitrogen and oxygen atoms in total. The number of hydrogen-bond donors (Lipinski definition) is 3. The summed E-state index contributed by atoms with van der Waals surface area (Å²) in [6.07, 6.45) is 4.39. The molecule has 3 rings (SSSR count). The van der Waals surface area contributed by atoms with Crippen LogP contribution in [0.3, 0.4) is 0 Å². The number of methoxy groups -OCH3 is 1. The molecular weight excluding hydrogens is 358 g/mol. The molecule has 0 saturated heterocycles. The Labute approximate surface area is 162 Å².